The van der Waals surface area contributed by atoms with Gasteiger partial charge in [0.25, 0.3) is 5.91 Å². The SMILES string of the molecule is NC(=O)COc1cccc(NCc2nccs2)c1. The van der Waals surface area contributed by atoms with Crippen LogP contribution in [0.1, 0.15) is 5.01 Å². The molecule has 0 aliphatic carbocycles. The molecular weight excluding hydrogens is 250 g/mol. The highest BCUT2D eigenvalue weighted by atomic mass is 32.1. The normalized spacial score (nSPS) is 10.0. The molecule has 2 aromatic rings. The van der Waals surface area contributed by atoms with Gasteiger partial charge in [-0.2, -0.15) is 0 Å². The Balaban J connectivity index is 1.92. The minimum absolute atomic E-state index is 0.115. The maximum atomic E-state index is 10.6. The minimum atomic E-state index is -0.490. The molecule has 0 unspecified atom stereocenters. The lowest BCUT2D eigenvalue weighted by Gasteiger charge is -2.07. The highest BCUT2D eigenvalue weighted by Gasteiger charge is 2.00. The van der Waals surface area contributed by atoms with Crippen molar-refractivity contribution in [2.45, 2.75) is 6.54 Å². The van der Waals surface area contributed by atoms with Crippen LogP contribution in [0.3, 0.4) is 0 Å². The molecule has 1 aromatic heterocycles. The van der Waals surface area contributed by atoms with Crippen LogP contribution in [-0.4, -0.2) is 17.5 Å². The van der Waals surface area contributed by atoms with Crippen molar-refractivity contribution >= 4 is 22.9 Å². The Kier molecular flexibility index (Phi) is 4.14. The molecule has 0 aliphatic rings. The molecule has 3 N–H and O–H groups in total. The summed E-state index contributed by atoms with van der Waals surface area (Å²) in [7, 11) is 0. The highest BCUT2D eigenvalue weighted by molar-refractivity contribution is 7.09. The van der Waals surface area contributed by atoms with Crippen molar-refractivity contribution in [2.75, 3.05) is 11.9 Å². The Bertz CT molecular complexity index is 514. The van der Waals surface area contributed by atoms with Gasteiger partial charge in [0, 0.05) is 23.3 Å². The monoisotopic (exact) mass is 263 g/mol. The lowest BCUT2D eigenvalue weighted by Crippen LogP contribution is -2.20. The van der Waals surface area contributed by atoms with E-state index in [1.54, 1.807) is 23.6 Å². The largest absolute Gasteiger partial charge is 0.484 e. The Morgan fingerprint density at radius 1 is 1.50 bits per heavy atom. The number of hydrogen-bond donors (Lipinski definition) is 2. The number of primary amides is 1. The van der Waals surface area contributed by atoms with E-state index in [1.807, 2.05) is 23.6 Å². The van der Waals surface area contributed by atoms with Gasteiger partial charge in [0.1, 0.15) is 10.8 Å². The number of benzene rings is 1. The molecule has 0 saturated carbocycles. The van der Waals surface area contributed by atoms with E-state index in [1.165, 1.54) is 0 Å². The van der Waals surface area contributed by atoms with E-state index in [0.29, 0.717) is 12.3 Å². The van der Waals surface area contributed by atoms with Gasteiger partial charge in [0.05, 0.1) is 6.54 Å². The quantitative estimate of drug-likeness (QED) is 0.830. The van der Waals surface area contributed by atoms with Crippen molar-refractivity contribution in [1.29, 1.82) is 0 Å². The average Bonchev–Trinajstić information content (AvgIpc) is 2.87. The van der Waals surface area contributed by atoms with Crippen LogP contribution in [0.15, 0.2) is 35.8 Å². The van der Waals surface area contributed by atoms with Crippen molar-refractivity contribution in [3.05, 3.63) is 40.8 Å². The molecule has 0 radical (unpaired) electrons. The molecule has 0 atom stereocenters. The van der Waals surface area contributed by atoms with E-state index in [9.17, 15) is 4.79 Å². The van der Waals surface area contributed by atoms with Crippen LogP contribution in [0.25, 0.3) is 0 Å². The first kappa shape index (κ1) is 12.4. The maximum Gasteiger partial charge on any atom is 0.255 e. The number of carbonyl (C=O) groups excluding carboxylic acids is 1. The lowest BCUT2D eigenvalue weighted by atomic mass is 10.3. The van der Waals surface area contributed by atoms with Gasteiger partial charge in [-0.1, -0.05) is 6.07 Å². The van der Waals surface area contributed by atoms with E-state index in [-0.39, 0.29) is 6.61 Å². The van der Waals surface area contributed by atoms with Gasteiger partial charge in [0.2, 0.25) is 0 Å². The molecule has 94 valence electrons. The third-order valence-electron chi connectivity index (χ3n) is 2.14. The molecule has 1 aromatic carbocycles. The summed E-state index contributed by atoms with van der Waals surface area (Å²) in [5.41, 5.74) is 5.92. The second kappa shape index (κ2) is 6.02. The molecule has 1 amide bonds. The molecule has 6 heteroatoms. The predicted octanol–water partition coefficient (Wildman–Crippen LogP) is 1.62. The van der Waals surface area contributed by atoms with Gasteiger partial charge in [0.15, 0.2) is 6.61 Å². The number of nitrogens with zero attached hydrogens (tertiary/aromatic N) is 1. The number of rotatable bonds is 6. The number of aromatic nitrogens is 1. The molecule has 18 heavy (non-hydrogen) atoms. The van der Waals surface area contributed by atoms with Gasteiger partial charge in [-0.05, 0) is 12.1 Å². The highest BCUT2D eigenvalue weighted by Crippen LogP contribution is 2.18. The Labute approximate surface area is 109 Å². The third-order valence-corrected chi connectivity index (χ3v) is 2.92. The molecule has 2 rings (SSSR count). The summed E-state index contributed by atoms with van der Waals surface area (Å²) in [6, 6.07) is 7.36. The number of hydrogen-bond acceptors (Lipinski definition) is 5. The second-order valence-corrected chi connectivity index (χ2v) is 4.54. The zero-order chi connectivity index (χ0) is 12.8. The Morgan fingerprint density at radius 3 is 3.11 bits per heavy atom. The first-order valence-electron chi connectivity index (χ1n) is 5.37. The number of nitrogens with one attached hydrogen (secondary N) is 1. The summed E-state index contributed by atoms with van der Waals surface area (Å²) >= 11 is 1.59. The third kappa shape index (κ3) is 3.74. The van der Waals surface area contributed by atoms with Crippen LogP contribution in [-0.2, 0) is 11.3 Å². The van der Waals surface area contributed by atoms with Crippen molar-refractivity contribution in [3.8, 4) is 5.75 Å². The van der Waals surface area contributed by atoms with Gasteiger partial charge in [-0.25, -0.2) is 4.98 Å². The molecule has 1 heterocycles. The van der Waals surface area contributed by atoms with E-state index < -0.39 is 5.91 Å². The van der Waals surface area contributed by atoms with Gasteiger partial charge < -0.3 is 15.8 Å². The van der Waals surface area contributed by atoms with Gasteiger partial charge in [-0.15, -0.1) is 11.3 Å². The predicted molar refractivity (Wildman–Crippen MR) is 70.6 cm³/mol. The smallest absolute Gasteiger partial charge is 0.255 e. The molecule has 0 spiro atoms. The fourth-order valence-corrected chi connectivity index (χ4v) is 1.92. The first-order valence-corrected chi connectivity index (χ1v) is 6.25. The molecule has 0 bridgehead atoms. The summed E-state index contributed by atoms with van der Waals surface area (Å²) in [4.78, 5) is 14.8. The maximum absolute atomic E-state index is 10.6. The zero-order valence-corrected chi connectivity index (χ0v) is 10.4. The van der Waals surface area contributed by atoms with Crippen molar-refractivity contribution < 1.29 is 9.53 Å². The standard InChI is InChI=1S/C12H13N3O2S/c13-11(16)8-17-10-3-1-2-9(6-10)15-7-12-14-4-5-18-12/h1-6,15H,7-8H2,(H2,13,16). The molecular formula is C12H13N3O2S. The summed E-state index contributed by atoms with van der Waals surface area (Å²) in [5, 5.41) is 6.17. The fraction of sp³-hybridized carbons (Fsp3) is 0.167. The van der Waals surface area contributed by atoms with Crippen molar-refractivity contribution in [1.82, 2.24) is 4.98 Å². The molecule has 0 fully saturated rings. The van der Waals surface area contributed by atoms with Crippen LogP contribution in [0.2, 0.25) is 0 Å². The number of thiazole rings is 1. The average molecular weight is 263 g/mol. The summed E-state index contributed by atoms with van der Waals surface area (Å²) < 4.78 is 5.22. The van der Waals surface area contributed by atoms with E-state index in [2.05, 4.69) is 10.3 Å². The van der Waals surface area contributed by atoms with Crippen LogP contribution in [0, 0.1) is 0 Å². The topological polar surface area (TPSA) is 77.2 Å². The first-order chi connectivity index (χ1) is 8.74. The minimum Gasteiger partial charge on any atom is -0.484 e. The van der Waals surface area contributed by atoms with Gasteiger partial charge in [-0.3, -0.25) is 4.79 Å². The van der Waals surface area contributed by atoms with Crippen LogP contribution in [0.4, 0.5) is 5.69 Å². The van der Waals surface area contributed by atoms with Gasteiger partial charge >= 0.3 is 0 Å². The second-order valence-electron chi connectivity index (χ2n) is 3.56. The number of carbonyl (C=O) groups is 1. The molecule has 0 saturated heterocycles. The lowest BCUT2D eigenvalue weighted by molar-refractivity contribution is -0.119. The van der Waals surface area contributed by atoms with Crippen LogP contribution in [0.5, 0.6) is 5.75 Å². The van der Waals surface area contributed by atoms with Crippen molar-refractivity contribution in [2.24, 2.45) is 5.73 Å². The zero-order valence-electron chi connectivity index (χ0n) is 9.63. The van der Waals surface area contributed by atoms with E-state index in [0.717, 1.165) is 10.7 Å². The van der Waals surface area contributed by atoms with E-state index >= 15 is 0 Å². The van der Waals surface area contributed by atoms with Crippen LogP contribution >= 0.6 is 11.3 Å². The molecule has 0 aliphatic heterocycles. The molecule has 5 nitrogen and oxygen atoms in total. The Hall–Kier alpha value is -2.08. The Morgan fingerprint density at radius 2 is 2.39 bits per heavy atom. The summed E-state index contributed by atoms with van der Waals surface area (Å²) in [6.45, 7) is 0.548. The fourth-order valence-electron chi connectivity index (χ4n) is 1.37. The number of nitrogens with two attached hydrogens (primary N) is 1. The number of amides is 1. The van der Waals surface area contributed by atoms with Crippen LogP contribution < -0.4 is 15.8 Å². The van der Waals surface area contributed by atoms with Crippen molar-refractivity contribution in [3.63, 3.8) is 0 Å². The number of anilines is 1. The number of ether oxygens (including phenoxy) is 1. The van der Waals surface area contributed by atoms with E-state index in [4.69, 9.17) is 10.5 Å². The summed E-state index contributed by atoms with van der Waals surface area (Å²) in [5.74, 6) is 0.120. The summed E-state index contributed by atoms with van der Waals surface area (Å²) in [6.07, 6.45) is 1.77.